The zero-order valence-electron chi connectivity index (χ0n) is 21.7. The number of hydrogen-bond acceptors (Lipinski definition) is 8. The number of aliphatic hydroxyl groups is 1. The van der Waals surface area contributed by atoms with E-state index in [1.54, 1.807) is 48.5 Å². The lowest BCUT2D eigenvalue weighted by Gasteiger charge is -2.26. The predicted molar refractivity (Wildman–Crippen MR) is 143 cm³/mol. The molecule has 39 heavy (non-hydrogen) atoms. The Labute approximate surface area is 230 Å². The Morgan fingerprint density at radius 2 is 1.54 bits per heavy atom. The third-order valence-corrected chi connectivity index (χ3v) is 6.72. The van der Waals surface area contributed by atoms with Crippen LogP contribution < -0.4 is 14.2 Å². The minimum absolute atomic E-state index is 0.0283. The fraction of sp³-hybridized carbons (Fsp3) is 0.207. The summed E-state index contributed by atoms with van der Waals surface area (Å²) in [7, 11) is 5.63. The van der Waals surface area contributed by atoms with Crippen molar-refractivity contribution in [3.63, 3.8) is 0 Å². The Balaban J connectivity index is 1.86. The largest absolute Gasteiger partial charge is 0.507 e. The number of ether oxygens (including phenoxy) is 4. The molecule has 0 aliphatic carbocycles. The Bertz CT molecular complexity index is 1450. The summed E-state index contributed by atoms with van der Waals surface area (Å²) in [4.78, 5) is 40.0. The summed E-state index contributed by atoms with van der Waals surface area (Å²) >= 11 is 6.23. The van der Waals surface area contributed by atoms with E-state index < -0.39 is 29.5 Å². The van der Waals surface area contributed by atoms with E-state index in [0.717, 1.165) is 0 Å². The Hall–Kier alpha value is -4.50. The molecule has 0 bridgehead atoms. The quantitative estimate of drug-likeness (QED) is 0.184. The minimum Gasteiger partial charge on any atom is -0.507 e. The number of halogens is 1. The third-order valence-electron chi connectivity index (χ3n) is 6.43. The lowest BCUT2D eigenvalue weighted by Crippen LogP contribution is -2.29. The van der Waals surface area contributed by atoms with Crippen LogP contribution >= 0.6 is 11.6 Å². The first-order valence-corrected chi connectivity index (χ1v) is 12.1. The monoisotopic (exact) mass is 551 g/mol. The van der Waals surface area contributed by atoms with Gasteiger partial charge in [0.05, 0.1) is 56.2 Å². The van der Waals surface area contributed by atoms with Gasteiger partial charge in [-0.1, -0.05) is 35.9 Å². The van der Waals surface area contributed by atoms with Crippen LogP contribution in [0.15, 0.2) is 66.2 Å². The van der Waals surface area contributed by atoms with Crippen LogP contribution in [0.1, 0.15) is 33.1 Å². The van der Waals surface area contributed by atoms with Crippen LogP contribution in [0.5, 0.6) is 17.2 Å². The average Bonchev–Trinajstić information content (AvgIpc) is 3.21. The second kappa shape index (κ2) is 11.5. The highest BCUT2D eigenvalue weighted by Gasteiger charge is 2.46. The minimum atomic E-state index is -0.942. The summed E-state index contributed by atoms with van der Waals surface area (Å²) in [5.41, 5.74) is 1.59. The third kappa shape index (κ3) is 5.26. The molecule has 4 rings (SSSR count). The number of ketones is 1. The van der Waals surface area contributed by atoms with Crippen LogP contribution in [0.2, 0.25) is 5.02 Å². The van der Waals surface area contributed by atoms with Crippen LogP contribution in [0.3, 0.4) is 0 Å². The summed E-state index contributed by atoms with van der Waals surface area (Å²) < 4.78 is 20.7. The van der Waals surface area contributed by atoms with Crippen molar-refractivity contribution < 1.29 is 38.4 Å². The number of carbonyl (C=O) groups is 3. The van der Waals surface area contributed by atoms with Gasteiger partial charge in [0.2, 0.25) is 0 Å². The molecule has 0 aromatic heterocycles. The number of benzene rings is 3. The number of hydrogen-bond donors (Lipinski definition) is 1. The second-order valence-corrected chi connectivity index (χ2v) is 8.98. The van der Waals surface area contributed by atoms with E-state index in [1.165, 1.54) is 45.5 Å². The zero-order valence-corrected chi connectivity index (χ0v) is 22.4. The van der Waals surface area contributed by atoms with Gasteiger partial charge in [-0.25, -0.2) is 4.79 Å². The number of methoxy groups -OCH3 is 4. The van der Waals surface area contributed by atoms with Crippen LogP contribution in [-0.4, -0.2) is 56.1 Å². The molecule has 0 radical (unpaired) electrons. The molecule has 1 unspecified atom stereocenters. The van der Waals surface area contributed by atoms with E-state index in [0.29, 0.717) is 22.4 Å². The molecule has 1 aliphatic rings. The maximum absolute atomic E-state index is 13.4. The van der Waals surface area contributed by atoms with Gasteiger partial charge < -0.3 is 29.0 Å². The summed E-state index contributed by atoms with van der Waals surface area (Å²) in [5.74, 6) is -1.57. The molecule has 3 aromatic carbocycles. The normalized spacial score (nSPS) is 16.2. The smallest absolute Gasteiger partial charge is 0.337 e. The fourth-order valence-corrected chi connectivity index (χ4v) is 4.66. The molecule has 1 N–H and O–H groups in total. The first kappa shape index (κ1) is 27.5. The molecule has 1 saturated heterocycles. The highest BCUT2D eigenvalue weighted by molar-refractivity contribution is 6.46. The van der Waals surface area contributed by atoms with E-state index in [4.69, 9.17) is 30.5 Å². The van der Waals surface area contributed by atoms with Crippen molar-refractivity contribution in [1.29, 1.82) is 0 Å². The molecular weight excluding hydrogens is 526 g/mol. The van der Waals surface area contributed by atoms with Crippen LogP contribution in [0.25, 0.3) is 5.76 Å². The average molecular weight is 552 g/mol. The van der Waals surface area contributed by atoms with Gasteiger partial charge in [0.15, 0.2) is 0 Å². The topological polar surface area (TPSA) is 112 Å². The van der Waals surface area contributed by atoms with E-state index in [-0.39, 0.29) is 34.2 Å². The molecule has 3 aromatic rings. The highest BCUT2D eigenvalue weighted by atomic mass is 35.5. The Morgan fingerprint density at radius 3 is 2.10 bits per heavy atom. The van der Waals surface area contributed by atoms with Crippen molar-refractivity contribution in [3.05, 3.63) is 93.5 Å². The highest BCUT2D eigenvalue weighted by Crippen LogP contribution is 2.43. The van der Waals surface area contributed by atoms with Crippen molar-refractivity contribution in [2.24, 2.45) is 0 Å². The second-order valence-electron chi connectivity index (χ2n) is 8.58. The number of amides is 1. The van der Waals surface area contributed by atoms with Gasteiger partial charge in [0.1, 0.15) is 23.0 Å². The molecule has 1 aliphatic heterocycles. The fourth-order valence-electron chi connectivity index (χ4n) is 4.43. The van der Waals surface area contributed by atoms with E-state index >= 15 is 0 Å². The molecule has 1 amide bonds. The Kier molecular flexibility index (Phi) is 8.11. The Morgan fingerprint density at radius 1 is 0.897 bits per heavy atom. The number of nitrogens with zero attached hydrogens (tertiary/aromatic N) is 1. The lowest BCUT2D eigenvalue weighted by atomic mass is 9.94. The van der Waals surface area contributed by atoms with Gasteiger partial charge in [-0.15, -0.1) is 0 Å². The first-order valence-electron chi connectivity index (χ1n) is 11.8. The molecule has 1 fully saturated rings. The van der Waals surface area contributed by atoms with Gasteiger partial charge in [-0.2, -0.15) is 0 Å². The molecule has 0 spiro atoms. The summed E-state index contributed by atoms with van der Waals surface area (Å²) in [5, 5.41) is 11.7. The number of carbonyl (C=O) groups excluding carboxylic acids is 3. The van der Waals surface area contributed by atoms with Gasteiger partial charge in [0, 0.05) is 12.6 Å². The molecule has 1 atom stereocenters. The van der Waals surface area contributed by atoms with Crippen LogP contribution in [-0.2, 0) is 20.9 Å². The van der Waals surface area contributed by atoms with Crippen molar-refractivity contribution in [2.45, 2.75) is 12.6 Å². The number of aliphatic hydroxyl groups excluding tert-OH is 1. The molecule has 202 valence electrons. The maximum atomic E-state index is 13.4. The van der Waals surface area contributed by atoms with Crippen LogP contribution in [0.4, 0.5) is 0 Å². The zero-order chi connectivity index (χ0) is 28.3. The van der Waals surface area contributed by atoms with Crippen molar-refractivity contribution >= 4 is 35.0 Å². The summed E-state index contributed by atoms with van der Waals surface area (Å²) in [6.45, 7) is 0.0283. The SMILES string of the molecule is COC(=O)c1ccc(CN2C(=O)C(=O)/C(=C(/O)c3cc(OC)c(Cl)cc3OC)C2c2ccc(OC)cc2)cc1. The molecule has 0 saturated carbocycles. The first-order chi connectivity index (χ1) is 18.7. The van der Waals surface area contributed by atoms with Crippen molar-refractivity contribution in [2.75, 3.05) is 28.4 Å². The van der Waals surface area contributed by atoms with Gasteiger partial charge >= 0.3 is 5.97 Å². The number of Topliss-reactive ketones (excluding diaryl/α,β-unsaturated/α-hetero) is 1. The molecule has 9 nitrogen and oxygen atoms in total. The maximum Gasteiger partial charge on any atom is 0.337 e. The lowest BCUT2D eigenvalue weighted by molar-refractivity contribution is -0.140. The number of rotatable bonds is 8. The predicted octanol–water partition coefficient (Wildman–Crippen LogP) is 4.77. The van der Waals surface area contributed by atoms with Gasteiger partial charge in [-0.3, -0.25) is 9.59 Å². The summed E-state index contributed by atoms with van der Waals surface area (Å²) in [6.07, 6.45) is 0. The van der Waals surface area contributed by atoms with Crippen molar-refractivity contribution in [1.82, 2.24) is 4.90 Å². The van der Waals surface area contributed by atoms with E-state index in [2.05, 4.69) is 0 Å². The molecule has 10 heteroatoms. The van der Waals surface area contributed by atoms with E-state index in [9.17, 15) is 19.5 Å². The molecular formula is C29H26ClNO8. The standard InChI is InChI=1S/C29H26ClNO8/c1-36-19-11-9-17(10-12-19)25-24(26(32)20-13-23(38-3)21(30)14-22(20)37-2)27(33)28(34)31(25)15-16-5-7-18(8-6-16)29(35)39-4/h5-14,25,32H,15H2,1-4H3/b26-24+. The number of likely N-dealkylation sites (tertiary alicyclic amines) is 1. The van der Waals surface area contributed by atoms with Gasteiger partial charge in [0.25, 0.3) is 11.7 Å². The summed E-state index contributed by atoms with van der Waals surface area (Å²) in [6, 6.07) is 15.3. The number of esters is 1. The molecule has 1 heterocycles. The van der Waals surface area contributed by atoms with Crippen LogP contribution in [0, 0.1) is 0 Å². The van der Waals surface area contributed by atoms with Crippen molar-refractivity contribution in [3.8, 4) is 17.2 Å². The van der Waals surface area contributed by atoms with E-state index in [1.807, 2.05) is 0 Å². The van der Waals surface area contributed by atoms with Gasteiger partial charge in [-0.05, 0) is 41.5 Å².